The van der Waals surface area contributed by atoms with Crippen LogP contribution >= 0.6 is 22.9 Å². The average molecular weight is 314 g/mol. The fourth-order valence-electron chi connectivity index (χ4n) is 1.78. The van der Waals surface area contributed by atoms with E-state index in [-0.39, 0.29) is 12.1 Å². The molecule has 20 heavy (non-hydrogen) atoms. The van der Waals surface area contributed by atoms with Crippen LogP contribution in [-0.2, 0) is 13.5 Å². The molecule has 0 aliphatic heterocycles. The Hall–Kier alpha value is -1.60. The summed E-state index contributed by atoms with van der Waals surface area (Å²) in [7, 11) is 1.84. The number of urea groups is 1. The highest BCUT2D eigenvalue weighted by atomic mass is 35.5. The lowest BCUT2D eigenvalue weighted by Crippen LogP contribution is -2.38. The standard InChI is InChI=1S/C12H16ClN5OS/c1-8(11-17-15-7-18(11)2)16-12(19)14-6-5-9-3-4-10(13)20-9/h3-4,7-8H,5-6H2,1-2H3,(H2,14,16,19)/t8-/m1/s1. The summed E-state index contributed by atoms with van der Waals surface area (Å²) in [6, 6.07) is 3.41. The third-order valence-corrected chi connectivity index (χ3v) is 4.06. The second-order valence-corrected chi connectivity index (χ2v) is 6.18. The molecule has 2 aromatic rings. The van der Waals surface area contributed by atoms with Crippen molar-refractivity contribution in [2.45, 2.75) is 19.4 Å². The van der Waals surface area contributed by atoms with Crippen LogP contribution in [0.2, 0.25) is 4.34 Å². The first-order valence-electron chi connectivity index (χ1n) is 6.18. The highest BCUT2D eigenvalue weighted by molar-refractivity contribution is 7.16. The van der Waals surface area contributed by atoms with Crippen molar-refractivity contribution in [3.05, 3.63) is 33.5 Å². The Kier molecular flexibility index (Phi) is 4.97. The van der Waals surface area contributed by atoms with Gasteiger partial charge in [-0.1, -0.05) is 11.6 Å². The molecule has 108 valence electrons. The first kappa shape index (κ1) is 14.8. The summed E-state index contributed by atoms with van der Waals surface area (Å²) in [5.41, 5.74) is 0. The maximum Gasteiger partial charge on any atom is 0.315 e. The summed E-state index contributed by atoms with van der Waals surface area (Å²) < 4.78 is 2.54. The normalized spacial score (nSPS) is 12.2. The van der Waals surface area contributed by atoms with Gasteiger partial charge < -0.3 is 15.2 Å². The third-order valence-electron chi connectivity index (χ3n) is 2.77. The second kappa shape index (κ2) is 6.71. The van der Waals surface area contributed by atoms with Crippen LogP contribution in [0, 0.1) is 0 Å². The Balaban J connectivity index is 1.74. The Morgan fingerprint density at radius 2 is 2.35 bits per heavy atom. The summed E-state index contributed by atoms with van der Waals surface area (Å²) in [4.78, 5) is 12.9. The van der Waals surface area contributed by atoms with Crippen molar-refractivity contribution in [2.75, 3.05) is 6.54 Å². The molecular weight excluding hydrogens is 298 g/mol. The average Bonchev–Trinajstić information content (AvgIpc) is 2.98. The first-order chi connectivity index (χ1) is 9.56. The number of nitrogens with zero attached hydrogens (tertiary/aromatic N) is 3. The molecule has 6 nitrogen and oxygen atoms in total. The number of halogens is 1. The number of aryl methyl sites for hydroxylation is 1. The van der Waals surface area contributed by atoms with E-state index >= 15 is 0 Å². The highest BCUT2D eigenvalue weighted by Gasteiger charge is 2.13. The maximum absolute atomic E-state index is 11.8. The largest absolute Gasteiger partial charge is 0.338 e. The van der Waals surface area contributed by atoms with Gasteiger partial charge in [0.1, 0.15) is 6.33 Å². The SMILES string of the molecule is C[C@@H](NC(=O)NCCc1ccc(Cl)s1)c1nncn1C. The monoisotopic (exact) mass is 313 g/mol. The number of amides is 2. The predicted octanol–water partition coefficient (Wildman–Crippen LogP) is 2.13. The van der Waals surface area contributed by atoms with E-state index < -0.39 is 0 Å². The van der Waals surface area contributed by atoms with Gasteiger partial charge in [-0.15, -0.1) is 21.5 Å². The molecule has 2 aromatic heterocycles. The Bertz CT molecular complexity index is 582. The van der Waals surface area contributed by atoms with Gasteiger partial charge in [-0.2, -0.15) is 0 Å². The molecule has 8 heteroatoms. The minimum absolute atomic E-state index is 0.196. The van der Waals surface area contributed by atoms with Crippen molar-refractivity contribution < 1.29 is 4.79 Å². The minimum Gasteiger partial charge on any atom is -0.338 e. The number of hydrogen-bond acceptors (Lipinski definition) is 4. The van der Waals surface area contributed by atoms with E-state index in [0.29, 0.717) is 12.4 Å². The van der Waals surface area contributed by atoms with Crippen molar-refractivity contribution in [3.8, 4) is 0 Å². The first-order valence-corrected chi connectivity index (χ1v) is 7.38. The van der Waals surface area contributed by atoms with Gasteiger partial charge in [0.05, 0.1) is 10.4 Å². The van der Waals surface area contributed by atoms with Crippen molar-refractivity contribution >= 4 is 29.0 Å². The van der Waals surface area contributed by atoms with Gasteiger partial charge in [0.15, 0.2) is 5.82 Å². The molecule has 0 aliphatic rings. The smallest absolute Gasteiger partial charge is 0.315 e. The molecule has 0 unspecified atom stereocenters. The van der Waals surface area contributed by atoms with Gasteiger partial charge in [0.25, 0.3) is 0 Å². The fraction of sp³-hybridized carbons (Fsp3) is 0.417. The topological polar surface area (TPSA) is 71.8 Å². The predicted molar refractivity (Wildman–Crippen MR) is 79.0 cm³/mol. The van der Waals surface area contributed by atoms with Crippen molar-refractivity contribution in [1.29, 1.82) is 0 Å². The van der Waals surface area contributed by atoms with E-state index in [2.05, 4.69) is 20.8 Å². The van der Waals surface area contributed by atoms with E-state index in [0.717, 1.165) is 15.6 Å². The van der Waals surface area contributed by atoms with Crippen molar-refractivity contribution in [3.63, 3.8) is 0 Å². The summed E-state index contributed by atoms with van der Waals surface area (Å²) in [6.45, 7) is 2.43. The molecule has 0 saturated heterocycles. The Morgan fingerprint density at radius 3 is 2.95 bits per heavy atom. The van der Waals surface area contributed by atoms with Crippen LogP contribution in [0.4, 0.5) is 4.79 Å². The Labute approximate surface area is 126 Å². The number of carbonyl (C=O) groups is 1. The van der Waals surface area contributed by atoms with Crippen molar-refractivity contribution in [1.82, 2.24) is 25.4 Å². The zero-order valence-corrected chi connectivity index (χ0v) is 12.8. The molecule has 0 fully saturated rings. The number of thiophene rings is 1. The van der Waals surface area contributed by atoms with E-state index in [1.54, 1.807) is 10.9 Å². The van der Waals surface area contributed by atoms with Gasteiger partial charge in [-0.25, -0.2) is 4.79 Å². The molecule has 1 atom stereocenters. The molecule has 0 radical (unpaired) electrons. The molecule has 0 aliphatic carbocycles. The van der Waals surface area contributed by atoms with Gasteiger partial charge in [0, 0.05) is 18.5 Å². The molecule has 0 bridgehead atoms. The third kappa shape index (κ3) is 3.94. The zero-order chi connectivity index (χ0) is 14.5. The highest BCUT2D eigenvalue weighted by Crippen LogP contribution is 2.21. The van der Waals surface area contributed by atoms with Crippen LogP contribution < -0.4 is 10.6 Å². The fourth-order valence-corrected chi connectivity index (χ4v) is 2.87. The summed E-state index contributed by atoms with van der Waals surface area (Å²) in [5, 5.41) is 13.4. The lowest BCUT2D eigenvalue weighted by molar-refractivity contribution is 0.237. The second-order valence-electron chi connectivity index (χ2n) is 4.38. The molecule has 0 aromatic carbocycles. The molecule has 2 N–H and O–H groups in total. The number of hydrogen-bond donors (Lipinski definition) is 2. The number of nitrogens with one attached hydrogen (secondary N) is 2. The summed E-state index contributed by atoms with van der Waals surface area (Å²) in [5.74, 6) is 0.713. The van der Waals surface area contributed by atoms with Gasteiger partial charge in [-0.05, 0) is 25.5 Å². The van der Waals surface area contributed by atoms with E-state index in [4.69, 9.17) is 11.6 Å². The zero-order valence-electron chi connectivity index (χ0n) is 11.3. The van der Waals surface area contributed by atoms with Crippen LogP contribution in [0.15, 0.2) is 18.5 Å². The molecule has 0 spiro atoms. The minimum atomic E-state index is -0.219. The molecule has 2 rings (SSSR count). The van der Waals surface area contributed by atoms with Gasteiger partial charge in [-0.3, -0.25) is 0 Å². The molecule has 0 saturated carbocycles. The van der Waals surface area contributed by atoms with Crippen LogP contribution in [0.1, 0.15) is 23.7 Å². The van der Waals surface area contributed by atoms with E-state index in [9.17, 15) is 4.79 Å². The molecule has 2 amide bonds. The Morgan fingerprint density at radius 1 is 1.55 bits per heavy atom. The van der Waals surface area contributed by atoms with Crippen LogP contribution in [0.3, 0.4) is 0 Å². The van der Waals surface area contributed by atoms with Gasteiger partial charge in [0.2, 0.25) is 0 Å². The molecule has 2 heterocycles. The number of aromatic nitrogens is 3. The summed E-state index contributed by atoms with van der Waals surface area (Å²) in [6.07, 6.45) is 2.37. The van der Waals surface area contributed by atoms with E-state index in [1.165, 1.54) is 11.3 Å². The number of carbonyl (C=O) groups excluding carboxylic acids is 1. The number of rotatable bonds is 5. The van der Waals surface area contributed by atoms with E-state index in [1.807, 2.05) is 26.1 Å². The molecular formula is C12H16ClN5OS. The van der Waals surface area contributed by atoms with Crippen molar-refractivity contribution in [2.24, 2.45) is 7.05 Å². The quantitative estimate of drug-likeness (QED) is 0.888. The van der Waals surface area contributed by atoms with Crippen LogP contribution in [0.5, 0.6) is 0 Å². The van der Waals surface area contributed by atoms with Crippen LogP contribution in [-0.4, -0.2) is 27.3 Å². The lowest BCUT2D eigenvalue weighted by atomic mass is 10.3. The summed E-state index contributed by atoms with van der Waals surface area (Å²) >= 11 is 7.37. The van der Waals surface area contributed by atoms with Gasteiger partial charge >= 0.3 is 6.03 Å². The van der Waals surface area contributed by atoms with Crippen LogP contribution in [0.25, 0.3) is 0 Å². The maximum atomic E-state index is 11.8. The lowest BCUT2D eigenvalue weighted by Gasteiger charge is -2.13.